The first-order valence-electron chi connectivity index (χ1n) is 11.4. The Bertz CT molecular complexity index is 1200. The summed E-state index contributed by atoms with van der Waals surface area (Å²) in [6.07, 6.45) is 3.58. The molecule has 0 saturated carbocycles. The number of rotatable bonds is 9. The smallest absolute Gasteiger partial charge is 0.266 e. The number of nitrogens with one attached hydrogen (secondary N) is 1. The van der Waals surface area contributed by atoms with Gasteiger partial charge in [0.05, 0.1) is 34.9 Å². The summed E-state index contributed by atoms with van der Waals surface area (Å²) in [4.78, 5) is 27.3. The molecule has 7 nitrogen and oxygen atoms in total. The molecule has 1 atom stereocenters. The lowest BCUT2D eigenvalue weighted by atomic mass is 10.1. The van der Waals surface area contributed by atoms with Crippen molar-refractivity contribution in [3.05, 3.63) is 57.7 Å². The minimum absolute atomic E-state index is 0.00197. The van der Waals surface area contributed by atoms with Gasteiger partial charge in [-0.2, -0.15) is 0 Å². The second kappa shape index (κ2) is 12.1. The summed E-state index contributed by atoms with van der Waals surface area (Å²) in [5.41, 5.74) is 0.665. The number of halogens is 2. The van der Waals surface area contributed by atoms with Crippen molar-refractivity contribution >= 4 is 63.5 Å². The second-order valence-electron chi connectivity index (χ2n) is 8.01. The first kappa shape index (κ1) is 26.4. The summed E-state index contributed by atoms with van der Waals surface area (Å²) in [7, 11) is 0. The quantitative estimate of drug-likeness (QED) is 0.336. The zero-order valence-corrected chi connectivity index (χ0v) is 21.8. The highest BCUT2D eigenvalue weighted by Crippen LogP contribution is 2.39. The Labute approximate surface area is 222 Å². The Balaban J connectivity index is 1.47. The molecule has 11 heteroatoms. The number of nitrogens with zero attached hydrogens (tertiary/aromatic N) is 1. The van der Waals surface area contributed by atoms with Gasteiger partial charge in [0.2, 0.25) is 0 Å². The molecule has 2 aromatic rings. The fraction of sp³-hybridized carbons (Fsp3) is 0.320. The van der Waals surface area contributed by atoms with Crippen LogP contribution in [0.15, 0.2) is 41.3 Å². The van der Waals surface area contributed by atoms with E-state index in [0.717, 1.165) is 12.8 Å². The van der Waals surface area contributed by atoms with E-state index in [9.17, 15) is 14.0 Å². The Hall–Kier alpha value is -2.66. The molecule has 2 amide bonds. The molecular formula is C25H24ClFN2O5S2. The molecule has 0 spiro atoms. The number of anilines is 1. The first-order chi connectivity index (χ1) is 17.4. The number of thioether (sulfide) groups is 1. The number of carbonyl (C=O) groups is 2. The molecule has 4 rings (SSSR count). The van der Waals surface area contributed by atoms with Crippen LogP contribution in [0.3, 0.4) is 0 Å². The van der Waals surface area contributed by atoms with E-state index in [1.54, 1.807) is 36.1 Å². The Morgan fingerprint density at radius 3 is 2.89 bits per heavy atom. The minimum Gasteiger partial charge on any atom is -0.490 e. The molecular weight excluding hydrogens is 527 g/mol. The van der Waals surface area contributed by atoms with Crippen LogP contribution in [-0.4, -0.2) is 53.5 Å². The van der Waals surface area contributed by atoms with Gasteiger partial charge in [0.1, 0.15) is 10.1 Å². The molecule has 0 unspecified atom stereocenters. The molecule has 1 N–H and O–H groups in total. The molecule has 2 aliphatic heterocycles. The Kier molecular flexibility index (Phi) is 8.84. The minimum atomic E-state index is -0.558. The van der Waals surface area contributed by atoms with Gasteiger partial charge >= 0.3 is 0 Å². The van der Waals surface area contributed by atoms with Gasteiger partial charge in [-0.3, -0.25) is 14.5 Å². The number of thiocarbonyl (C=S) groups is 1. The van der Waals surface area contributed by atoms with Crippen LogP contribution in [0.25, 0.3) is 6.08 Å². The largest absolute Gasteiger partial charge is 0.490 e. The van der Waals surface area contributed by atoms with Crippen LogP contribution in [0.1, 0.15) is 25.3 Å². The molecule has 2 aliphatic rings. The average Bonchev–Trinajstić information content (AvgIpc) is 3.44. The maximum atomic E-state index is 13.8. The van der Waals surface area contributed by atoms with Crippen molar-refractivity contribution in [2.24, 2.45) is 0 Å². The summed E-state index contributed by atoms with van der Waals surface area (Å²) in [5, 5.41) is 2.65. The third-order valence-corrected chi connectivity index (χ3v) is 7.07. The van der Waals surface area contributed by atoms with Crippen LogP contribution < -0.4 is 14.8 Å². The molecule has 2 saturated heterocycles. The van der Waals surface area contributed by atoms with E-state index in [1.165, 1.54) is 30.0 Å². The van der Waals surface area contributed by atoms with Crippen LogP contribution >= 0.6 is 35.6 Å². The zero-order valence-electron chi connectivity index (χ0n) is 19.4. The summed E-state index contributed by atoms with van der Waals surface area (Å²) in [6, 6.07) is 9.12. The predicted octanol–water partition coefficient (Wildman–Crippen LogP) is 5.28. The maximum Gasteiger partial charge on any atom is 0.266 e. The van der Waals surface area contributed by atoms with Gasteiger partial charge < -0.3 is 19.5 Å². The monoisotopic (exact) mass is 550 g/mol. The molecule has 0 aromatic heterocycles. The van der Waals surface area contributed by atoms with Gasteiger partial charge in [0, 0.05) is 6.61 Å². The van der Waals surface area contributed by atoms with E-state index in [-0.39, 0.29) is 28.5 Å². The lowest BCUT2D eigenvalue weighted by Gasteiger charge is -2.18. The average molecular weight is 551 g/mol. The number of para-hydroxylation sites is 1. The van der Waals surface area contributed by atoms with Crippen LogP contribution in [0.2, 0.25) is 5.02 Å². The Morgan fingerprint density at radius 2 is 2.17 bits per heavy atom. The number of hydrogen-bond acceptors (Lipinski definition) is 7. The summed E-state index contributed by atoms with van der Waals surface area (Å²) in [5.74, 6) is -0.809. The van der Waals surface area contributed by atoms with E-state index >= 15 is 0 Å². The number of benzene rings is 2. The van der Waals surface area contributed by atoms with Crippen molar-refractivity contribution in [1.29, 1.82) is 0 Å². The maximum absolute atomic E-state index is 13.8. The van der Waals surface area contributed by atoms with Crippen LogP contribution in [-0.2, 0) is 14.3 Å². The highest BCUT2D eigenvalue weighted by Gasteiger charge is 2.34. The topological polar surface area (TPSA) is 77.1 Å². The molecule has 190 valence electrons. The molecule has 2 aromatic carbocycles. The van der Waals surface area contributed by atoms with E-state index in [2.05, 4.69) is 5.32 Å². The van der Waals surface area contributed by atoms with Gasteiger partial charge in [0.15, 0.2) is 18.1 Å². The first-order valence-corrected chi connectivity index (χ1v) is 13.0. The van der Waals surface area contributed by atoms with Crippen molar-refractivity contribution in [1.82, 2.24) is 4.90 Å². The molecule has 2 heterocycles. The second-order valence-corrected chi connectivity index (χ2v) is 10.1. The van der Waals surface area contributed by atoms with E-state index in [1.807, 2.05) is 0 Å². The fourth-order valence-electron chi connectivity index (χ4n) is 3.76. The van der Waals surface area contributed by atoms with Crippen molar-refractivity contribution in [2.75, 3.05) is 31.7 Å². The molecule has 0 radical (unpaired) electrons. The Morgan fingerprint density at radius 1 is 1.36 bits per heavy atom. The van der Waals surface area contributed by atoms with Crippen LogP contribution in [0.5, 0.6) is 11.5 Å². The van der Waals surface area contributed by atoms with Crippen LogP contribution in [0, 0.1) is 5.82 Å². The van der Waals surface area contributed by atoms with E-state index in [0.29, 0.717) is 40.3 Å². The van der Waals surface area contributed by atoms with Crippen molar-refractivity contribution in [3.63, 3.8) is 0 Å². The summed E-state index contributed by atoms with van der Waals surface area (Å²) in [6.45, 7) is 2.85. The third kappa shape index (κ3) is 6.36. The van der Waals surface area contributed by atoms with Crippen molar-refractivity contribution in [2.45, 2.75) is 25.9 Å². The number of carbonyl (C=O) groups excluding carboxylic acids is 2. The van der Waals surface area contributed by atoms with E-state index in [4.69, 9.17) is 38.0 Å². The third-order valence-electron chi connectivity index (χ3n) is 5.41. The fourth-order valence-corrected chi connectivity index (χ4v) is 5.31. The normalized spacial score (nSPS) is 18.7. The SMILES string of the molecule is CCOc1cc(/C=C2\SC(=S)N(C[C@H]3CCCO3)C2=O)cc(Cl)c1OCC(=O)Nc1ccccc1F. The van der Waals surface area contributed by atoms with Gasteiger partial charge in [-0.05, 0) is 55.7 Å². The number of amides is 2. The molecule has 0 bridgehead atoms. The van der Waals surface area contributed by atoms with Gasteiger partial charge in [-0.1, -0.05) is 47.7 Å². The lowest BCUT2D eigenvalue weighted by Crippen LogP contribution is -2.35. The van der Waals surface area contributed by atoms with Crippen LogP contribution in [0.4, 0.5) is 10.1 Å². The van der Waals surface area contributed by atoms with Crippen molar-refractivity contribution in [3.8, 4) is 11.5 Å². The molecule has 36 heavy (non-hydrogen) atoms. The van der Waals surface area contributed by atoms with E-state index < -0.39 is 18.3 Å². The number of ether oxygens (including phenoxy) is 3. The van der Waals surface area contributed by atoms with Gasteiger partial charge in [-0.15, -0.1) is 0 Å². The van der Waals surface area contributed by atoms with Crippen molar-refractivity contribution < 1.29 is 28.2 Å². The molecule has 0 aliphatic carbocycles. The zero-order chi connectivity index (χ0) is 25.7. The number of hydrogen-bond donors (Lipinski definition) is 1. The predicted molar refractivity (Wildman–Crippen MR) is 142 cm³/mol. The summed E-state index contributed by atoms with van der Waals surface area (Å²) >= 11 is 13.1. The highest BCUT2D eigenvalue weighted by molar-refractivity contribution is 8.26. The summed E-state index contributed by atoms with van der Waals surface area (Å²) < 4.78 is 31.2. The standard InChI is InChI=1S/C25H24ClFN2O5S2/c1-2-32-20-11-15(12-21-24(31)29(25(35)36-21)13-16-6-5-9-33-16)10-17(26)23(20)34-14-22(30)28-19-8-4-3-7-18(19)27/h3-4,7-8,10-12,16H,2,5-6,9,13-14H2,1H3,(H,28,30)/b21-12-/t16-/m1/s1. The van der Waals surface area contributed by atoms with Gasteiger partial charge in [0.25, 0.3) is 11.8 Å². The molecule has 2 fully saturated rings. The highest BCUT2D eigenvalue weighted by atomic mass is 35.5. The van der Waals surface area contributed by atoms with Gasteiger partial charge in [-0.25, -0.2) is 4.39 Å². The lowest BCUT2D eigenvalue weighted by molar-refractivity contribution is -0.123.